The number of fused-ring (bicyclic) bond motifs is 1. The summed E-state index contributed by atoms with van der Waals surface area (Å²) in [5.41, 5.74) is 2.02. The van der Waals surface area contributed by atoms with E-state index in [1.807, 2.05) is 42.6 Å². The zero-order valence-electron chi connectivity index (χ0n) is 20.7. The maximum Gasteiger partial charge on any atom is 0.305 e. The van der Waals surface area contributed by atoms with Crippen molar-refractivity contribution in [3.05, 3.63) is 48.2 Å². The molecule has 0 spiro atoms. The molecular weight excluding hydrogens is 462 g/mol. The van der Waals surface area contributed by atoms with Gasteiger partial charge in [0.05, 0.1) is 31.8 Å². The molecule has 0 radical (unpaired) electrons. The van der Waals surface area contributed by atoms with Gasteiger partial charge >= 0.3 is 5.97 Å². The fraction of sp³-hybridized carbons (Fsp3) is 0.519. The Hall–Kier alpha value is -3.17. The number of allylic oxidation sites excluding steroid dienone is 2. The lowest BCUT2D eigenvalue weighted by molar-refractivity contribution is -0.145. The summed E-state index contributed by atoms with van der Waals surface area (Å²) in [6.07, 6.45) is 9.59. The van der Waals surface area contributed by atoms with Crippen molar-refractivity contribution in [1.29, 1.82) is 0 Å². The first kappa shape index (κ1) is 27.4. The summed E-state index contributed by atoms with van der Waals surface area (Å²) in [7, 11) is 0. The molecule has 1 aromatic carbocycles. The minimum atomic E-state index is -0.552. The highest BCUT2D eigenvalue weighted by Crippen LogP contribution is 2.20. The number of rotatable bonds is 9. The zero-order chi connectivity index (χ0) is 25.6. The molecule has 0 bridgehead atoms. The van der Waals surface area contributed by atoms with Crippen LogP contribution in [0.5, 0.6) is 0 Å². The van der Waals surface area contributed by atoms with Crippen molar-refractivity contribution in [2.75, 3.05) is 33.0 Å². The number of esters is 1. The Bertz CT molecular complexity index is 1020. The summed E-state index contributed by atoms with van der Waals surface area (Å²) < 4.78 is 10.7. The van der Waals surface area contributed by atoms with Gasteiger partial charge < -0.3 is 30.2 Å². The molecule has 0 fully saturated rings. The monoisotopic (exact) mass is 499 g/mol. The molecule has 0 unspecified atom stereocenters. The second kappa shape index (κ2) is 15.1. The van der Waals surface area contributed by atoms with Crippen LogP contribution in [0.15, 0.2) is 42.6 Å². The molecule has 1 aromatic heterocycles. The first-order chi connectivity index (χ1) is 17.6. The highest BCUT2D eigenvalue weighted by atomic mass is 16.5. The third kappa shape index (κ3) is 9.13. The van der Waals surface area contributed by atoms with Crippen LogP contribution in [-0.2, 0) is 30.3 Å². The Labute approximate surface area is 211 Å². The van der Waals surface area contributed by atoms with Crippen molar-refractivity contribution in [2.45, 2.75) is 51.0 Å². The van der Waals surface area contributed by atoms with E-state index in [-0.39, 0.29) is 44.0 Å². The highest BCUT2D eigenvalue weighted by Gasteiger charge is 2.25. The number of carbonyl (C=O) groups excluding carboxylic acids is 3. The fourth-order valence-corrected chi connectivity index (χ4v) is 4.22. The molecule has 2 heterocycles. The van der Waals surface area contributed by atoms with Crippen LogP contribution in [0.3, 0.4) is 0 Å². The second-order valence-electron chi connectivity index (χ2n) is 8.99. The van der Waals surface area contributed by atoms with Crippen molar-refractivity contribution in [3.63, 3.8) is 0 Å². The number of carbonyl (C=O) groups is 3. The second-order valence-corrected chi connectivity index (χ2v) is 8.99. The van der Waals surface area contributed by atoms with E-state index < -0.39 is 12.0 Å². The van der Waals surface area contributed by atoms with Crippen LogP contribution in [0.2, 0.25) is 0 Å². The lowest BCUT2D eigenvalue weighted by Gasteiger charge is -2.22. The van der Waals surface area contributed by atoms with E-state index in [0.29, 0.717) is 32.4 Å². The summed E-state index contributed by atoms with van der Waals surface area (Å²) in [6.45, 7) is 0.815. The molecule has 9 heteroatoms. The summed E-state index contributed by atoms with van der Waals surface area (Å²) in [6, 6.07) is 7.49. The van der Waals surface area contributed by atoms with Gasteiger partial charge in [0.2, 0.25) is 11.8 Å². The van der Waals surface area contributed by atoms with Gasteiger partial charge in [-0.3, -0.25) is 14.4 Å². The van der Waals surface area contributed by atoms with Crippen molar-refractivity contribution in [2.24, 2.45) is 5.92 Å². The number of amides is 2. The van der Waals surface area contributed by atoms with Crippen LogP contribution in [0.4, 0.5) is 0 Å². The maximum absolute atomic E-state index is 13.3. The number of para-hydroxylation sites is 1. The van der Waals surface area contributed by atoms with Crippen molar-refractivity contribution in [1.82, 2.24) is 15.6 Å². The summed E-state index contributed by atoms with van der Waals surface area (Å²) in [4.78, 5) is 41.3. The van der Waals surface area contributed by atoms with Crippen LogP contribution in [0.1, 0.15) is 44.1 Å². The van der Waals surface area contributed by atoms with Crippen LogP contribution < -0.4 is 10.6 Å². The number of aliphatic hydroxyl groups excluding tert-OH is 1. The Balaban J connectivity index is 1.69. The lowest BCUT2D eigenvalue weighted by atomic mass is 9.97. The number of aromatic amines is 1. The predicted molar refractivity (Wildman–Crippen MR) is 136 cm³/mol. The van der Waals surface area contributed by atoms with Gasteiger partial charge in [-0.1, -0.05) is 30.4 Å². The molecule has 9 nitrogen and oxygen atoms in total. The van der Waals surface area contributed by atoms with E-state index >= 15 is 0 Å². The Morgan fingerprint density at radius 2 is 2.03 bits per heavy atom. The first-order valence-electron chi connectivity index (χ1n) is 12.7. The molecule has 196 valence electrons. The Kier molecular flexibility index (Phi) is 11.5. The Morgan fingerprint density at radius 1 is 1.17 bits per heavy atom. The van der Waals surface area contributed by atoms with E-state index in [1.165, 1.54) is 0 Å². The first-order valence-corrected chi connectivity index (χ1v) is 12.7. The molecule has 1 aliphatic heterocycles. The normalized spacial score (nSPS) is 19.9. The van der Waals surface area contributed by atoms with Gasteiger partial charge in [-0.05, 0) is 43.7 Å². The van der Waals surface area contributed by atoms with Gasteiger partial charge in [0.25, 0.3) is 0 Å². The van der Waals surface area contributed by atoms with Gasteiger partial charge in [-0.15, -0.1) is 0 Å². The van der Waals surface area contributed by atoms with Crippen molar-refractivity contribution >= 4 is 28.7 Å². The number of aromatic nitrogens is 1. The SMILES string of the molecule is O=C(C[C@H]1CC=CCCCCC(=O)OC[C@H](Cc2c[nH]c3ccccc23)NC1=O)NCCOCCO. The summed E-state index contributed by atoms with van der Waals surface area (Å²) >= 11 is 0. The average molecular weight is 500 g/mol. The minimum absolute atomic E-state index is 0.0375. The van der Waals surface area contributed by atoms with Gasteiger partial charge in [0.1, 0.15) is 6.61 Å². The molecule has 1 aliphatic rings. The van der Waals surface area contributed by atoms with E-state index in [9.17, 15) is 14.4 Å². The number of hydrogen-bond acceptors (Lipinski definition) is 6. The smallest absolute Gasteiger partial charge is 0.305 e. The van der Waals surface area contributed by atoms with Crippen molar-refractivity contribution < 1.29 is 29.0 Å². The van der Waals surface area contributed by atoms with E-state index in [0.717, 1.165) is 35.7 Å². The highest BCUT2D eigenvalue weighted by molar-refractivity contribution is 5.86. The van der Waals surface area contributed by atoms with E-state index in [1.54, 1.807) is 0 Å². The average Bonchev–Trinajstić information content (AvgIpc) is 3.28. The molecule has 0 saturated heterocycles. The van der Waals surface area contributed by atoms with E-state index in [4.69, 9.17) is 14.6 Å². The predicted octanol–water partition coefficient (Wildman–Crippen LogP) is 2.39. The Morgan fingerprint density at radius 3 is 2.89 bits per heavy atom. The van der Waals surface area contributed by atoms with Crippen LogP contribution in [0, 0.1) is 5.92 Å². The van der Waals surface area contributed by atoms with E-state index in [2.05, 4.69) is 15.6 Å². The van der Waals surface area contributed by atoms with Crippen LogP contribution >= 0.6 is 0 Å². The van der Waals surface area contributed by atoms with Crippen LogP contribution in [0.25, 0.3) is 10.9 Å². The summed E-state index contributed by atoms with van der Waals surface area (Å²) in [5.74, 6) is -1.31. The standard InChI is InChI=1S/C27H37N3O6/c31-13-15-35-14-12-28-25(32)17-20-8-4-2-1-3-5-11-26(33)36-19-22(30-27(20)34)16-21-18-29-24-10-7-6-9-23(21)24/h2,4,6-7,9-10,18,20,22,29,31H,1,3,5,8,11-17,19H2,(H,28,32)(H,30,34)/t20-,22+/m1/s1. The topological polar surface area (TPSA) is 130 Å². The molecule has 2 aromatic rings. The minimum Gasteiger partial charge on any atom is -0.463 e. The molecule has 0 saturated carbocycles. The quantitative estimate of drug-likeness (QED) is 0.238. The van der Waals surface area contributed by atoms with Crippen LogP contribution in [-0.4, -0.2) is 66.9 Å². The number of cyclic esters (lactones) is 1. The number of nitrogens with one attached hydrogen (secondary N) is 3. The molecule has 4 N–H and O–H groups in total. The molecule has 3 rings (SSSR count). The molecule has 36 heavy (non-hydrogen) atoms. The number of benzene rings is 1. The molecular formula is C27H37N3O6. The van der Waals surface area contributed by atoms with Gasteiger partial charge in [0.15, 0.2) is 0 Å². The number of ether oxygens (including phenoxy) is 2. The third-order valence-electron chi connectivity index (χ3n) is 6.13. The number of aliphatic hydroxyl groups is 1. The van der Waals surface area contributed by atoms with Gasteiger partial charge in [-0.25, -0.2) is 0 Å². The zero-order valence-corrected chi connectivity index (χ0v) is 20.7. The third-order valence-corrected chi connectivity index (χ3v) is 6.13. The largest absolute Gasteiger partial charge is 0.463 e. The number of hydrogen-bond donors (Lipinski definition) is 4. The maximum atomic E-state index is 13.3. The van der Waals surface area contributed by atoms with Crippen molar-refractivity contribution in [3.8, 4) is 0 Å². The molecule has 0 aliphatic carbocycles. The lowest BCUT2D eigenvalue weighted by Crippen LogP contribution is -2.44. The number of H-pyrrole nitrogens is 1. The van der Waals surface area contributed by atoms with Gasteiger partial charge in [0, 0.05) is 36.5 Å². The molecule has 2 amide bonds. The molecule has 2 atom stereocenters. The fourth-order valence-electron chi connectivity index (χ4n) is 4.22. The summed E-state index contributed by atoms with van der Waals surface area (Å²) in [5, 5.41) is 15.6. The van der Waals surface area contributed by atoms with Gasteiger partial charge in [-0.2, -0.15) is 0 Å².